The van der Waals surface area contributed by atoms with Crippen molar-refractivity contribution in [2.75, 3.05) is 26.3 Å². The van der Waals surface area contributed by atoms with E-state index in [9.17, 15) is 10.1 Å². The number of rotatable bonds is 6. The normalized spacial score (nSPS) is 17.0. The molecule has 2 fully saturated rings. The molecule has 1 N–H and O–H groups in total. The van der Waals surface area contributed by atoms with E-state index in [1.165, 1.54) is 6.92 Å². The van der Waals surface area contributed by atoms with Crippen LogP contribution >= 0.6 is 0 Å². The van der Waals surface area contributed by atoms with E-state index >= 15 is 0 Å². The zero-order valence-corrected chi connectivity index (χ0v) is 20.8. The van der Waals surface area contributed by atoms with E-state index in [4.69, 9.17) is 14.5 Å². The van der Waals surface area contributed by atoms with Crippen molar-refractivity contribution in [2.24, 2.45) is 0 Å². The maximum Gasteiger partial charge on any atom is 0.171 e. The number of imidazole rings is 1. The van der Waals surface area contributed by atoms with E-state index in [2.05, 4.69) is 26.2 Å². The molecule has 0 spiro atoms. The number of aromatic nitrogens is 5. The van der Waals surface area contributed by atoms with E-state index in [0.29, 0.717) is 34.4 Å². The van der Waals surface area contributed by atoms with Crippen LogP contribution in [0.4, 0.5) is 0 Å². The maximum atomic E-state index is 12.4. The number of likely N-dealkylation sites (tertiary alicyclic amines) is 1. The van der Waals surface area contributed by atoms with Gasteiger partial charge in [0.2, 0.25) is 0 Å². The van der Waals surface area contributed by atoms with Crippen molar-refractivity contribution in [3.05, 3.63) is 53.6 Å². The Bertz CT molecular complexity index is 1520. The predicted molar refractivity (Wildman–Crippen MR) is 136 cm³/mol. The van der Waals surface area contributed by atoms with Gasteiger partial charge in [-0.1, -0.05) is 0 Å². The number of ketones is 1. The molecule has 0 atom stereocenters. The highest BCUT2D eigenvalue weighted by atomic mass is 16.5. The monoisotopic (exact) mass is 497 g/mol. The Kier molecular flexibility index (Phi) is 5.94. The van der Waals surface area contributed by atoms with Crippen LogP contribution in [0.15, 0.2) is 36.7 Å². The van der Waals surface area contributed by atoms with Crippen molar-refractivity contribution in [1.82, 2.24) is 29.6 Å². The van der Waals surface area contributed by atoms with Gasteiger partial charge in [-0.15, -0.1) is 0 Å². The second-order valence-corrected chi connectivity index (χ2v) is 9.62. The number of Topliss-reactive ketones (excluding diaryl/α,β-unsaturated/α-hetero) is 1. The number of ether oxygens (including phenoxy) is 2. The Morgan fingerprint density at radius 1 is 1.22 bits per heavy atom. The van der Waals surface area contributed by atoms with Gasteiger partial charge in [0.1, 0.15) is 30.1 Å². The van der Waals surface area contributed by atoms with E-state index in [0.717, 1.165) is 55.9 Å². The van der Waals surface area contributed by atoms with Crippen molar-refractivity contribution in [2.45, 2.75) is 38.8 Å². The lowest BCUT2D eigenvalue weighted by Crippen LogP contribution is -2.52. The maximum absolute atomic E-state index is 12.4. The molecular formula is C27H27N7O3. The first-order chi connectivity index (χ1) is 18.0. The number of fused-ring (bicyclic) bond motifs is 1. The molecule has 0 amide bonds. The third-order valence-electron chi connectivity index (χ3n) is 7.23. The number of pyridine rings is 1. The SMILES string of the molecule is CC(=O)c1ccc(-n2cnc3cc(OC4CCN(C5COC5)CC4)ccc32)nc1-c1c(C#N)n[nH]c1C. The molecule has 5 heterocycles. The van der Waals surface area contributed by atoms with Crippen LogP contribution in [0.25, 0.3) is 28.1 Å². The first-order valence-corrected chi connectivity index (χ1v) is 12.4. The van der Waals surface area contributed by atoms with Gasteiger partial charge in [-0.25, -0.2) is 9.97 Å². The van der Waals surface area contributed by atoms with Crippen LogP contribution in [-0.2, 0) is 4.74 Å². The minimum absolute atomic E-state index is 0.136. The molecule has 0 unspecified atom stereocenters. The van der Waals surface area contributed by atoms with E-state index in [-0.39, 0.29) is 17.6 Å². The van der Waals surface area contributed by atoms with Gasteiger partial charge in [0.25, 0.3) is 0 Å². The van der Waals surface area contributed by atoms with Gasteiger partial charge in [-0.05, 0) is 51.0 Å². The molecule has 0 saturated carbocycles. The van der Waals surface area contributed by atoms with Gasteiger partial charge in [0.05, 0.1) is 41.5 Å². The van der Waals surface area contributed by atoms with E-state index in [1.807, 2.05) is 22.8 Å². The number of carbonyl (C=O) groups is 1. The quantitative estimate of drug-likeness (QED) is 0.402. The summed E-state index contributed by atoms with van der Waals surface area (Å²) in [5, 5.41) is 16.4. The summed E-state index contributed by atoms with van der Waals surface area (Å²) >= 11 is 0. The summed E-state index contributed by atoms with van der Waals surface area (Å²) < 4.78 is 13.5. The molecule has 2 saturated heterocycles. The first-order valence-electron chi connectivity index (χ1n) is 12.4. The number of aromatic amines is 1. The summed E-state index contributed by atoms with van der Waals surface area (Å²) in [7, 11) is 0. The molecule has 2 aliphatic rings. The molecule has 6 rings (SSSR count). The topological polar surface area (TPSA) is 122 Å². The fourth-order valence-corrected chi connectivity index (χ4v) is 5.09. The Hall–Kier alpha value is -4.07. The second-order valence-electron chi connectivity index (χ2n) is 9.62. The van der Waals surface area contributed by atoms with Crippen molar-refractivity contribution < 1.29 is 14.3 Å². The number of H-pyrrole nitrogens is 1. The molecule has 0 aliphatic carbocycles. The summed E-state index contributed by atoms with van der Waals surface area (Å²) in [5.74, 6) is 1.26. The summed E-state index contributed by atoms with van der Waals surface area (Å²) in [5.41, 5.74) is 3.92. The molecular weight excluding hydrogens is 470 g/mol. The largest absolute Gasteiger partial charge is 0.490 e. The minimum atomic E-state index is -0.136. The number of hydrogen-bond acceptors (Lipinski definition) is 8. The van der Waals surface area contributed by atoms with E-state index < -0.39 is 0 Å². The Labute approximate surface area is 213 Å². The van der Waals surface area contributed by atoms with Crippen LogP contribution in [0.1, 0.15) is 41.5 Å². The molecule has 1 aromatic carbocycles. The van der Waals surface area contributed by atoms with Crippen LogP contribution in [0.3, 0.4) is 0 Å². The summed E-state index contributed by atoms with van der Waals surface area (Å²) in [6.45, 7) is 7.05. The fraction of sp³-hybridized carbons (Fsp3) is 0.370. The lowest BCUT2D eigenvalue weighted by molar-refractivity contribution is -0.0778. The molecule has 10 heteroatoms. The number of piperidine rings is 1. The smallest absolute Gasteiger partial charge is 0.171 e. The standard InChI is InChI=1S/C27H27N7O3/c1-16-26(23(12-28)32-31-16)27-21(17(2)35)4-6-25(30-27)34-15-29-22-11-20(3-5-24(22)34)37-19-7-9-33(10-8-19)18-13-36-14-18/h3-6,11,15,18-19H,7-10,13-14H2,1-2H3,(H,31,32). The van der Waals surface area contributed by atoms with Gasteiger partial charge in [0, 0.05) is 30.4 Å². The molecule has 3 aromatic heterocycles. The van der Waals surface area contributed by atoms with Crippen molar-refractivity contribution in [3.63, 3.8) is 0 Å². The lowest BCUT2D eigenvalue weighted by Gasteiger charge is -2.41. The van der Waals surface area contributed by atoms with Crippen LogP contribution in [-0.4, -0.2) is 73.9 Å². The van der Waals surface area contributed by atoms with E-state index in [1.54, 1.807) is 25.4 Å². The van der Waals surface area contributed by atoms with Crippen LogP contribution < -0.4 is 4.74 Å². The number of nitrogens with zero attached hydrogens (tertiary/aromatic N) is 6. The van der Waals surface area contributed by atoms with Crippen molar-refractivity contribution >= 4 is 16.8 Å². The van der Waals surface area contributed by atoms with Crippen LogP contribution in [0.2, 0.25) is 0 Å². The fourth-order valence-electron chi connectivity index (χ4n) is 5.09. The Balaban J connectivity index is 1.27. The molecule has 10 nitrogen and oxygen atoms in total. The Morgan fingerprint density at radius 2 is 2.03 bits per heavy atom. The summed E-state index contributed by atoms with van der Waals surface area (Å²) in [4.78, 5) is 24.2. The number of hydrogen-bond donors (Lipinski definition) is 1. The third-order valence-corrected chi connectivity index (χ3v) is 7.23. The highest BCUT2D eigenvalue weighted by Crippen LogP contribution is 2.30. The summed E-state index contributed by atoms with van der Waals surface area (Å²) in [6, 6.07) is 12.1. The average molecular weight is 498 g/mol. The molecule has 4 aromatic rings. The average Bonchev–Trinajstić information content (AvgIpc) is 3.46. The van der Waals surface area contributed by atoms with Gasteiger partial charge in [0.15, 0.2) is 11.5 Å². The van der Waals surface area contributed by atoms with Gasteiger partial charge in [-0.2, -0.15) is 10.4 Å². The predicted octanol–water partition coefficient (Wildman–Crippen LogP) is 3.44. The third kappa shape index (κ3) is 4.26. The summed E-state index contributed by atoms with van der Waals surface area (Å²) in [6.07, 6.45) is 3.89. The molecule has 0 radical (unpaired) electrons. The highest BCUT2D eigenvalue weighted by Gasteiger charge is 2.30. The second kappa shape index (κ2) is 9.42. The zero-order valence-electron chi connectivity index (χ0n) is 20.8. The van der Waals surface area contributed by atoms with Crippen molar-refractivity contribution in [3.8, 4) is 28.9 Å². The van der Waals surface area contributed by atoms with Crippen molar-refractivity contribution in [1.29, 1.82) is 5.26 Å². The van der Waals surface area contributed by atoms with Crippen LogP contribution in [0, 0.1) is 18.3 Å². The molecule has 0 bridgehead atoms. The van der Waals surface area contributed by atoms with Crippen LogP contribution in [0.5, 0.6) is 5.75 Å². The number of nitriles is 1. The number of aryl methyl sites for hydroxylation is 1. The number of carbonyl (C=O) groups excluding carboxylic acids is 1. The first kappa shape index (κ1) is 23.3. The molecule has 37 heavy (non-hydrogen) atoms. The lowest BCUT2D eigenvalue weighted by atomic mass is 10.0. The molecule has 2 aliphatic heterocycles. The van der Waals surface area contributed by atoms with Gasteiger partial charge >= 0.3 is 0 Å². The number of nitrogens with one attached hydrogen (secondary N) is 1. The van der Waals surface area contributed by atoms with Gasteiger partial charge < -0.3 is 9.47 Å². The number of benzene rings is 1. The molecule has 188 valence electrons. The minimum Gasteiger partial charge on any atom is -0.490 e. The van der Waals surface area contributed by atoms with Gasteiger partial charge in [-0.3, -0.25) is 19.4 Å². The zero-order chi connectivity index (χ0) is 25.5. The Morgan fingerprint density at radius 3 is 2.73 bits per heavy atom. The highest BCUT2D eigenvalue weighted by molar-refractivity contribution is 6.00.